The number of hydrogen-bond acceptors (Lipinski definition) is 3. The lowest BCUT2D eigenvalue weighted by Crippen LogP contribution is -2.37. The number of carbonyl (C=O) groups is 1. The van der Waals surface area contributed by atoms with Gasteiger partial charge in [0.25, 0.3) is 5.91 Å². The Morgan fingerprint density at radius 3 is 2.12 bits per heavy atom. The fraction of sp³-hybridized carbons (Fsp3) is 0.370. The Morgan fingerprint density at radius 2 is 1.52 bits per heavy atom. The number of amides is 1. The monoisotopic (exact) mass is 487 g/mol. The highest BCUT2D eigenvalue weighted by Crippen LogP contribution is 2.21. The fourth-order valence-corrected chi connectivity index (χ4v) is 3.80. The maximum Gasteiger partial charge on any atom is 0.254 e. The second-order valence-corrected chi connectivity index (χ2v) is 9.35. The van der Waals surface area contributed by atoms with E-state index < -0.39 is 0 Å². The Labute approximate surface area is 208 Å². The predicted molar refractivity (Wildman–Crippen MR) is 142 cm³/mol. The SMILES string of the molecule is C[C@H](CCN(C)C)CN(CCCN)C(=O)c1cccc2ccccc12.Clc1ccccc1Cl. The lowest BCUT2D eigenvalue weighted by atomic mass is 10.0. The van der Waals surface area contributed by atoms with E-state index in [2.05, 4.69) is 38.1 Å². The molecule has 0 aliphatic carbocycles. The molecular weight excluding hydrogens is 453 g/mol. The summed E-state index contributed by atoms with van der Waals surface area (Å²) in [6.07, 6.45) is 1.91. The molecule has 0 aromatic heterocycles. The van der Waals surface area contributed by atoms with Crippen molar-refractivity contribution < 1.29 is 4.79 Å². The van der Waals surface area contributed by atoms with Gasteiger partial charge in [0.15, 0.2) is 0 Å². The van der Waals surface area contributed by atoms with Crippen LogP contribution in [0, 0.1) is 5.92 Å². The van der Waals surface area contributed by atoms with Crippen molar-refractivity contribution in [3.05, 3.63) is 82.3 Å². The van der Waals surface area contributed by atoms with Crippen LogP contribution in [0.15, 0.2) is 66.7 Å². The molecule has 0 saturated carbocycles. The minimum absolute atomic E-state index is 0.113. The second-order valence-electron chi connectivity index (χ2n) is 8.53. The summed E-state index contributed by atoms with van der Waals surface area (Å²) in [5.41, 5.74) is 6.48. The van der Waals surface area contributed by atoms with Gasteiger partial charge in [0, 0.05) is 18.7 Å². The molecule has 0 aliphatic rings. The summed E-state index contributed by atoms with van der Waals surface area (Å²) in [5.74, 6) is 0.570. The Hall–Kier alpha value is -2.11. The molecule has 4 nitrogen and oxygen atoms in total. The molecule has 0 spiro atoms. The molecule has 0 bridgehead atoms. The smallest absolute Gasteiger partial charge is 0.254 e. The van der Waals surface area contributed by atoms with Crippen LogP contribution in [0.3, 0.4) is 0 Å². The zero-order valence-corrected chi connectivity index (χ0v) is 21.3. The molecule has 3 rings (SSSR count). The van der Waals surface area contributed by atoms with Crippen molar-refractivity contribution in [2.45, 2.75) is 19.8 Å². The van der Waals surface area contributed by atoms with Crippen molar-refractivity contribution in [1.82, 2.24) is 9.80 Å². The van der Waals surface area contributed by atoms with Gasteiger partial charge in [0.2, 0.25) is 0 Å². The summed E-state index contributed by atoms with van der Waals surface area (Å²) in [6.45, 7) is 5.34. The zero-order valence-electron chi connectivity index (χ0n) is 19.8. The number of nitrogens with zero attached hydrogens (tertiary/aromatic N) is 2. The van der Waals surface area contributed by atoms with Crippen molar-refractivity contribution in [3.8, 4) is 0 Å². The van der Waals surface area contributed by atoms with Crippen molar-refractivity contribution in [2.24, 2.45) is 11.7 Å². The van der Waals surface area contributed by atoms with Crippen molar-refractivity contribution >= 4 is 39.9 Å². The molecule has 0 unspecified atom stereocenters. The third-order valence-corrected chi connectivity index (χ3v) is 6.12. The van der Waals surface area contributed by atoms with E-state index in [9.17, 15) is 4.79 Å². The second kappa shape index (κ2) is 14.2. The quantitative estimate of drug-likeness (QED) is 0.390. The molecule has 0 radical (unpaired) electrons. The van der Waals surface area contributed by atoms with Crippen LogP contribution < -0.4 is 5.73 Å². The van der Waals surface area contributed by atoms with Crippen LogP contribution in [0.2, 0.25) is 10.0 Å². The third-order valence-electron chi connectivity index (χ3n) is 5.36. The number of halogens is 2. The third kappa shape index (κ3) is 8.98. The average Bonchev–Trinajstić information content (AvgIpc) is 2.82. The number of nitrogens with two attached hydrogens (primary N) is 1. The van der Waals surface area contributed by atoms with Gasteiger partial charge < -0.3 is 15.5 Å². The number of carbonyl (C=O) groups excluding carboxylic acids is 1. The van der Waals surface area contributed by atoms with E-state index >= 15 is 0 Å². The van der Waals surface area contributed by atoms with Crippen LogP contribution in [0.1, 0.15) is 30.1 Å². The van der Waals surface area contributed by atoms with Crippen LogP contribution in [-0.2, 0) is 0 Å². The van der Waals surface area contributed by atoms with Gasteiger partial charge in [-0.3, -0.25) is 4.79 Å². The van der Waals surface area contributed by atoms with Gasteiger partial charge in [-0.05, 0) is 74.9 Å². The first kappa shape index (κ1) is 27.1. The number of fused-ring (bicyclic) bond motifs is 1. The van der Waals surface area contributed by atoms with E-state index in [1.807, 2.05) is 47.4 Å². The molecule has 0 saturated heterocycles. The number of rotatable bonds is 9. The molecule has 0 heterocycles. The van der Waals surface area contributed by atoms with E-state index in [4.69, 9.17) is 28.9 Å². The summed E-state index contributed by atoms with van der Waals surface area (Å²) in [7, 11) is 4.17. The van der Waals surface area contributed by atoms with Gasteiger partial charge in [-0.2, -0.15) is 0 Å². The van der Waals surface area contributed by atoms with E-state index in [0.29, 0.717) is 29.1 Å². The fourth-order valence-electron chi connectivity index (χ4n) is 3.53. The van der Waals surface area contributed by atoms with Crippen molar-refractivity contribution in [2.75, 3.05) is 40.3 Å². The Bertz CT molecular complexity index is 983. The van der Waals surface area contributed by atoms with Crippen LogP contribution >= 0.6 is 23.2 Å². The summed E-state index contributed by atoms with van der Waals surface area (Å²) in [6, 6.07) is 21.2. The molecule has 2 N–H and O–H groups in total. The molecule has 1 amide bonds. The molecule has 178 valence electrons. The summed E-state index contributed by atoms with van der Waals surface area (Å²) in [4.78, 5) is 17.4. The summed E-state index contributed by atoms with van der Waals surface area (Å²) >= 11 is 11.2. The first-order valence-corrected chi connectivity index (χ1v) is 12.1. The molecule has 0 aliphatic heterocycles. The maximum absolute atomic E-state index is 13.2. The highest BCUT2D eigenvalue weighted by Gasteiger charge is 2.19. The standard InChI is InChI=1S/C21H31N3O.C6H4Cl2/c1-17(12-15-23(2)3)16-24(14-7-13-22)21(25)20-11-6-9-18-8-4-5-10-19(18)20;7-5-3-1-2-4-6(5)8/h4-6,8-11,17H,7,12-16,22H2,1-3H3;1-4H/t17-;/m1./s1. The summed E-state index contributed by atoms with van der Waals surface area (Å²) < 4.78 is 0. The normalized spacial score (nSPS) is 11.7. The number of benzene rings is 3. The zero-order chi connectivity index (χ0) is 24.2. The molecule has 3 aromatic carbocycles. The Balaban J connectivity index is 0.000000405. The Kier molecular flexibility index (Phi) is 11.7. The molecule has 1 atom stereocenters. The lowest BCUT2D eigenvalue weighted by Gasteiger charge is -2.27. The van der Waals surface area contributed by atoms with Crippen LogP contribution in [0.4, 0.5) is 0 Å². The topological polar surface area (TPSA) is 49.6 Å². The lowest BCUT2D eigenvalue weighted by molar-refractivity contribution is 0.0728. The molecule has 3 aromatic rings. The van der Waals surface area contributed by atoms with E-state index in [1.54, 1.807) is 12.1 Å². The van der Waals surface area contributed by atoms with Gasteiger partial charge in [0.1, 0.15) is 0 Å². The highest BCUT2D eigenvalue weighted by molar-refractivity contribution is 6.41. The number of hydrogen-bond donors (Lipinski definition) is 1. The van der Waals surface area contributed by atoms with Gasteiger partial charge in [-0.15, -0.1) is 0 Å². The van der Waals surface area contributed by atoms with Gasteiger partial charge >= 0.3 is 0 Å². The summed E-state index contributed by atoms with van der Waals surface area (Å²) in [5, 5.41) is 3.34. The Morgan fingerprint density at radius 1 is 0.909 bits per heavy atom. The van der Waals surface area contributed by atoms with Crippen LogP contribution in [0.25, 0.3) is 10.8 Å². The van der Waals surface area contributed by atoms with Gasteiger partial charge in [0.05, 0.1) is 10.0 Å². The minimum Gasteiger partial charge on any atom is -0.338 e. The van der Waals surface area contributed by atoms with Crippen molar-refractivity contribution in [3.63, 3.8) is 0 Å². The van der Waals surface area contributed by atoms with E-state index in [1.165, 1.54) is 0 Å². The van der Waals surface area contributed by atoms with Crippen molar-refractivity contribution in [1.29, 1.82) is 0 Å². The minimum atomic E-state index is 0.113. The largest absolute Gasteiger partial charge is 0.338 e. The molecular formula is C27H35Cl2N3O. The van der Waals surface area contributed by atoms with Gasteiger partial charge in [-0.25, -0.2) is 0 Å². The predicted octanol–water partition coefficient (Wildman–Crippen LogP) is 6.21. The van der Waals surface area contributed by atoms with E-state index in [-0.39, 0.29) is 5.91 Å². The first-order chi connectivity index (χ1) is 15.8. The molecule has 33 heavy (non-hydrogen) atoms. The van der Waals surface area contributed by atoms with Crippen LogP contribution in [-0.4, -0.2) is 56.0 Å². The first-order valence-electron chi connectivity index (χ1n) is 11.3. The van der Waals surface area contributed by atoms with Gasteiger partial charge in [-0.1, -0.05) is 78.7 Å². The molecule has 0 fully saturated rings. The molecule has 6 heteroatoms. The highest BCUT2D eigenvalue weighted by atomic mass is 35.5. The van der Waals surface area contributed by atoms with Crippen LogP contribution in [0.5, 0.6) is 0 Å². The van der Waals surface area contributed by atoms with E-state index in [0.717, 1.165) is 42.3 Å². The maximum atomic E-state index is 13.2. The average molecular weight is 489 g/mol.